The molecule has 1 unspecified atom stereocenters. The number of hydrogen-bond donors (Lipinski definition) is 3. The number of aromatic nitrogens is 1. The van der Waals surface area contributed by atoms with Crippen molar-refractivity contribution in [3.05, 3.63) is 142 Å². The summed E-state index contributed by atoms with van der Waals surface area (Å²) in [7, 11) is 0. The number of benzene rings is 4. The van der Waals surface area contributed by atoms with Crippen LogP contribution in [0.1, 0.15) is 60.9 Å². The third kappa shape index (κ3) is 5.87. The van der Waals surface area contributed by atoms with Gasteiger partial charge in [0.25, 0.3) is 23.4 Å². The predicted molar refractivity (Wildman–Crippen MR) is 202 cm³/mol. The summed E-state index contributed by atoms with van der Waals surface area (Å²) in [6.07, 6.45) is 8.79. The molecule has 1 aromatic heterocycles. The van der Waals surface area contributed by atoms with Crippen molar-refractivity contribution in [2.75, 3.05) is 43.4 Å². The van der Waals surface area contributed by atoms with Gasteiger partial charge in [-0.15, -0.1) is 0 Å². The molecule has 1 saturated heterocycles. The number of ketones is 2. The number of carbonyl (C=O) groups excluding carboxylic acids is 4. The van der Waals surface area contributed by atoms with Crippen LogP contribution in [0.3, 0.4) is 0 Å². The van der Waals surface area contributed by atoms with Gasteiger partial charge in [-0.2, -0.15) is 0 Å². The SMILES string of the molecule is O=C1Nc2cc(C3=CCN(CC4=CCc5ccccc54)C3)ccc2C1=O.O=C1Nc2cc(C3CCN(Cc4c[nH]c5ccccc45)C3)ccc2C1=O. The molecule has 2 amide bonds. The van der Waals surface area contributed by atoms with Crippen LogP contribution in [-0.2, 0) is 22.6 Å². The Morgan fingerprint density at radius 3 is 2.31 bits per heavy atom. The lowest BCUT2D eigenvalue weighted by atomic mass is 9.96. The summed E-state index contributed by atoms with van der Waals surface area (Å²) in [4.78, 5) is 54.8. The number of rotatable bonds is 6. The van der Waals surface area contributed by atoms with Crippen molar-refractivity contribution >= 4 is 56.8 Å². The lowest BCUT2D eigenvalue weighted by Gasteiger charge is -2.18. The lowest BCUT2D eigenvalue weighted by molar-refractivity contribution is -0.112. The molecule has 4 aromatic carbocycles. The fourth-order valence-corrected chi connectivity index (χ4v) is 8.20. The molecule has 0 spiro atoms. The Bertz CT molecular complexity index is 2390. The highest BCUT2D eigenvalue weighted by Gasteiger charge is 2.31. The molecule has 0 bridgehead atoms. The fourth-order valence-electron chi connectivity index (χ4n) is 8.20. The van der Waals surface area contributed by atoms with Gasteiger partial charge >= 0.3 is 0 Å². The number of Topliss-reactive ketones (excluding diaryl/α,β-unsaturated/α-hetero) is 2. The van der Waals surface area contributed by atoms with E-state index in [-0.39, 0.29) is 0 Å². The Kier molecular flexibility index (Phi) is 8.02. The topological polar surface area (TPSA) is 115 Å². The van der Waals surface area contributed by atoms with E-state index in [0.717, 1.165) is 57.7 Å². The first-order valence-corrected chi connectivity index (χ1v) is 17.8. The molecule has 0 saturated carbocycles. The summed E-state index contributed by atoms with van der Waals surface area (Å²) in [5, 5.41) is 6.61. The summed E-state index contributed by atoms with van der Waals surface area (Å²) in [6.45, 7) is 5.70. The zero-order valence-corrected chi connectivity index (χ0v) is 28.6. The summed E-state index contributed by atoms with van der Waals surface area (Å²) in [6, 6.07) is 28.4. The van der Waals surface area contributed by atoms with Crippen LogP contribution < -0.4 is 10.6 Å². The molecule has 9 heteroatoms. The Balaban J connectivity index is 0.000000138. The second-order valence-corrected chi connectivity index (χ2v) is 14.2. The van der Waals surface area contributed by atoms with Crippen molar-refractivity contribution in [1.29, 1.82) is 0 Å². The maximum Gasteiger partial charge on any atom is 0.296 e. The second-order valence-electron chi connectivity index (χ2n) is 14.2. The first kappa shape index (κ1) is 32.0. The zero-order chi connectivity index (χ0) is 35.3. The van der Waals surface area contributed by atoms with Crippen molar-refractivity contribution in [3.8, 4) is 0 Å². The number of amides is 2. The first-order chi connectivity index (χ1) is 25.4. The second kappa shape index (κ2) is 13.0. The summed E-state index contributed by atoms with van der Waals surface area (Å²) in [5.74, 6) is -1.51. The van der Waals surface area contributed by atoms with Gasteiger partial charge in [-0.05, 0) is 94.6 Å². The van der Waals surface area contributed by atoms with Crippen molar-refractivity contribution in [2.24, 2.45) is 0 Å². The largest absolute Gasteiger partial charge is 0.361 e. The van der Waals surface area contributed by atoms with Crippen LogP contribution in [0.2, 0.25) is 0 Å². The minimum Gasteiger partial charge on any atom is -0.361 e. The summed E-state index contributed by atoms with van der Waals surface area (Å²) >= 11 is 0. The minimum atomic E-state index is -0.536. The number of hydrogen-bond acceptors (Lipinski definition) is 6. The average molecular weight is 688 g/mol. The minimum absolute atomic E-state index is 0.429. The first-order valence-electron chi connectivity index (χ1n) is 17.8. The molecule has 5 heterocycles. The van der Waals surface area contributed by atoms with Crippen LogP contribution in [0.4, 0.5) is 11.4 Å². The monoisotopic (exact) mass is 687 g/mol. The summed E-state index contributed by atoms with van der Waals surface area (Å²) in [5.41, 5.74) is 12.5. The fraction of sp³-hybridized carbons (Fsp3) is 0.209. The molecule has 4 aliphatic heterocycles. The molecule has 3 N–H and O–H groups in total. The molecule has 9 nitrogen and oxygen atoms in total. The van der Waals surface area contributed by atoms with E-state index in [4.69, 9.17) is 0 Å². The molecule has 258 valence electrons. The van der Waals surface area contributed by atoms with Gasteiger partial charge in [0, 0.05) is 49.8 Å². The van der Waals surface area contributed by atoms with Crippen LogP contribution in [0.25, 0.3) is 22.0 Å². The Morgan fingerprint density at radius 2 is 1.46 bits per heavy atom. The third-order valence-electron chi connectivity index (χ3n) is 11.0. The molecule has 52 heavy (non-hydrogen) atoms. The van der Waals surface area contributed by atoms with E-state index in [2.05, 4.69) is 86.2 Å². The Morgan fingerprint density at radius 1 is 0.712 bits per heavy atom. The van der Waals surface area contributed by atoms with Gasteiger partial charge in [0.15, 0.2) is 0 Å². The molecule has 5 aromatic rings. The highest BCUT2D eigenvalue weighted by Crippen LogP contribution is 2.35. The molecule has 0 radical (unpaired) electrons. The van der Waals surface area contributed by atoms with Gasteiger partial charge in [-0.1, -0.05) is 66.7 Å². The number of likely N-dealkylation sites (tertiary alicyclic amines) is 1. The van der Waals surface area contributed by atoms with E-state index in [1.54, 1.807) is 12.1 Å². The van der Waals surface area contributed by atoms with Crippen LogP contribution in [0, 0.1) is 0 Å². The zero-order valence-electron chi connectivity index (χ0n) is 28.6. The number of nitrogens with one attached hydrogen (secondary N) is 3. The lowest BCUT2D eigenvalue weighted by Crippen LogP contribution is -2.22. The maximum absolute atomic E-state index is 11.7. The van der Waals surface area contributed by atoms with E-state index in [9.17, 15) is 19.2 Å². The van der Waals surface area contributed by atoms with Crippen molar-refractivity contribution in [1.82, 2.24) is 14.8 Å². The third-order valence-corrected chi connectivity index (χ3v) is 11.0. The quantitative estimate of drug-likeness (QED) is 0.177. The van der Waals surface area contributed by atoms with E-state index >= 15 is 0 Å². The van der Waals surface area contributed by atoms with Crippen molar-refractivity contribution < 1.29 is 19.2 Å². The maximum atomic E-state index is 11.7. The smallest absolute Gasteiger partial charge is 0.296 e. The van der Waals surface area contributed by atoms with Gasteiger partial charge in [0.1, 0.15) is 0 Å². The number of para-hydroxylation sites is 1. The molecule has 1 atom stereocenters. The van der Waals surface area contributed by atoms with Crippen molar-refractivity contribution in [3.63, 3.8) is 0 Å². The molecule has 1 aliphatic carbocycles. The average Bonchev–Trinajstić information content (AvgIpc) is 4.03. The number of nitrogens with zero attached hydrogens (tertiary/aromatic N) is 2. The van der Waals surface area contributed by atoms with Gasteiger partial charge < -0.3 is 15.6 Å². The number of H-pyrrole nitrogens is 1. The number of aromatic amines is 1. The highest BCUT2D eigenvalue weighted by molar-refractivity contribution is 6.52. The van der Waals surface area contributed by atoms with Gasteiger partial charge in [-0.3, -0.25) is 29.0 Å². The Hall–Kier alpha value is -5.90. The Labute approximate surface area is 301 Å². The molecule has 10 rings (SSSR count). The van der Waals surface area contributed by atoms with Crippen molar-refractivity contribution in [2.45, 2.75) is 25.3 Å². The molecular formula is C43H37N5O4. The molecule has 1 fully saturated rings. The number of carbonyl (C=O) groups is 4. The number of allylic oxidation sites excluding steroid dienone is 1. The van der Waals surface area contributed by atoms with Crippen LogP contribution in [-0.4, -0.2) is 70.9 Å². The standard InChI is InChI=1S/C22H18N2O2.C21H19N3O2/c25-21-19-8-7-15(11-20(19)23-22(21)26)16-9-10-24(12-16)13-17-6-5-14-3-1-2-4-18(14)17;25-20-17-6-5-13(9-19(17)23-21(20)26)14-7-8-24(11-14)12-15-10-22-18-4-2-1-3-16(15)18/h1-4,6-9,11H,5,10,12-13H2,(H,23,25,26);1-6,9-10,14,22H,7-8,11-12H2,(H,23,25,26). The van der Waals surface area contributed by atoms with Gasteiger partial charge in [0.05, 0.1) is 22.5 Å². The number of fused-ring (bicyclic) bond motifs is 4. The molecule has 5 aliphatic rings. The van der Waals surface area contributed by atoms with Gasteiger partial charge in [0.2, 0.25) is 0 Å². The van der Waals surface area contributed by atoms with E-state index in [1.807, 2.05) is 30.3 Å². The normalized spacial score (nSPS) is 19.2. The van der Waals surface area contributed by atoms with Crippen LogP contribution in [0.5, 0.6) is 0 Å². The van der Waals surface area contributed by atoms with Crippen LogP contribution >= 0.6 is 0 Å². The molecular weight excluding hydrogens is 651 g/mol. The number of anilines is 2. The van der Waals surface area contributed by atoms with E-state index in [0.29, 0.717) is 28.4 Å². The predicted octanol–water partition coefficient (Wildman–Crippen LogP) is 6.45. The van der Waals surface area contributed by atoms with Crippen LogP contribution in [0.15, 0.2) is 103 Å². The highest BCUT2D eigenvalue weighted by atomic mass is 16.2. The van der Waals surface area contributed by atoms with E-state index < -0.39 is 23.4 Å². The van der Waals surface area contributed by atoms with Gasteiger partial charge in [-0.25, -0.2) is 0 Å². The summed E-state index contributed by atoms with van der Waals surface area (Å²) < 4.78 is 0. The van der Waals surface area contributed by atoms with E-state index in [1.165, 1.54) is 44.3 Å².